The SMILES string of the molecule is C[NH+](C)CCCN1C(=O)C(=O)/C(=C(/[O-])c2ccc3c(c2)OCCO3)C1c1cccc(O)c1. The molecule has 0 spiro atoms. The number of aromatic hydroxyl groups is 1. The molecule has 1 unspecified atom stereocenters. The number of quaternary nitrogens is 1. The largest absolute Gasteiger partial charge is 0.872 e. The predicted octanol–water partition coefficient (Wildman–Crippen LogP) is -0.0780. The zero-order valence-corrected chi connectivity index (χ0v) is 18.1. The molecule has 8 heteroatoms. The van der Waals surface area contributed by atoms with Gasteiger partial charge in [-0.05, 0) is 35.4 Å². The number of hydrogen-bond acceptors (Lipinski definition) is 6. The van der Waals surface area contributed by atoms with E-state index in [9.17, 15) is 19.8 Å². The zero-order chi connectivity index (χ0) is 22.8. The van der Waals surface area contributed by atoms with Gasteiger partial charge in [0.1, 0.15) is 19.0 Å². The van der Waals surface area contributed by atoms with Crippen LogP contribution in [0.15, 0.2) is 48.0 Å². The van der Waals surface area contributed by atoms with Gasteiger partial charge < -0.3 is 29.5 Å². The molecular weight excluding hydrogens is 412 g/mol. The number of Topliss-reactive ketones (excluding diaryl/α,β-unsaturated/α-hetero) is 1. The first-order valence-corrected chi connectivity index (χ1v) is 10.6. The van der Waals surface area contributed by atoms with Crippen LogP contribution >= 0.6 is 0 Å². The van der Waals surface area contributed by atoms with E-state index in [4.69, 9.17) is 9.47 Å². The molecule has 0 bridgehead atoms. The molecule has 2 aromatic rings. The van der Waals surface area contributed by atoms with Gasteiger partial charge in [-0.25, -0.2) is 0 Å². The summed E-state index contributed by atoms with van der Waals surface area (Å²) in [5.41, 5.74) is 0.645. The van der Waals surface area contributed by atoms with Gasteiger partial charge in [-0.1, -0.05) is 24.0 Å². The van der Waals surface area contributed by atoms with Gasteiger partial charge in [0.25, 0.3) is 5.91 Å². The van der Waals surface area contributed by atoms with E-state index in [1.807, 2.05) is 14.1 Å². The van der Waals surface area contributed by atoms with Gasteiger partial charge >= 0.3 is 0 Å². The van der Waals surface area contributed by atoms with E-state index in [1.54, 1.807) is 30.3 Å². The molecule has 168 valence electrons. The summed E-state index contributed by atoms with van der Waals surface area (Å²) in [6, 6.07) is 10.2. The average Bonchev–Trinajstić information content (AvgIpc) is 3.03. The number of likely N-dealkylation sites (tertiary alicyclic amines) is 1. The van der Waals surface area contributed by atoms with E-state index in [0.29, 0.717) is 43.2 Å². The molecule has 0 radical (unpaired) electrons. The van der Waals surface area contributed by atoms with Crippen LogP contribution in [0.4, 0.5) is 0 Å². The Morgan fingerprint density at radius 3 is 2.59 bits per heavy atom. The van der Waals surface area contributed by atoms with Crippen LogP contribution in [0.3, 0.4) is 0 Å². The van der Waals surface area contributed by atoms with Gasteiger partial charge in [0.05, 0.1) is 26.7 Å². The molecule has 2 aliphatic heterocycles. The number of rotatable bonds is 6. The first-order chi connectivity index (χ1) is 15.4. The highest BCUT2D eigenvalue weighted by atomic mass is 16.6. The third-order valence-corrected chi connectivity index (χ3v) is 5.60. The monoisotopic (exact) mass is 438 g/mol. The topological polar surface area (TPSA) is 104 Å². The summed E-state index contributed by atoms with van der Waals surface area (Å²) in [5, 5.41) is 23.5. The molecule has 2 heterocycles. The first kappa shape index (κ1) is 21.7. The van der Waals surface area contributed by atoms with Gasteiger partial charge in [0.2, 0.25) is 5.78 Å². The quantitative estimate of drug-likeness (QED) is 0.372. The molecule has 2 aromatic carbocycles. The lowest BCUT2D eigenvalue weighted by atomic mass is 9.95. The maximum Gasteiger partial charge on any atom is 0.295 e. The van der Waals surface area contributed by atoms with E-state index >= 15 is 0 Å². The fraction of sp³-hybridized carbons (Fsp3) is 0.333. The number of ether oxygens (including phenoxy) is 2. The van der Waals surface area contributed by atoms with Gasteiger partial charge in [0, 0.05) is 18.5 Å². The minimum atomic E-state index is -0.861. The van der Waals surface area contributed by atoms with Crippen LogP contribution in [0.2, 0.25) is 0 Å². The molecule has 8 nitrogen and oxygen atoms in total. The zero-order valence-electron chi connectivity index (χ0n) is 18.1. The smallest absolute Gasteiger partial charge is 0.295 e. The Hall–Kier alpha value is -3.52. The molecule has 1 atom stereocenters. The molecule has 2 aliphatic rings. The molecule has 1 saturated heterocycles. The van der Waals surface area contributed by atoms with Crippen molar-refractivity contribution in [2.45, 2.75) is 12.5 Å². The fourth-order valence-electron chi connectivity index (χ4n) is 4.09. The summed E-state index contributed by atoms with van der Waals surface area (Å²) in [5.74, 6) is -1.08. The van der Waals surface area contributed by atoms with E-state index in [0.717, 1.165) is 6.54 Å². The molecule has 4 rings (SSSR count). The second kappa shape index (κ2) is 8.92. The van der Waals surface area contributed by atoms with Crippen molar-refractivity contribution < 1.29 is 34.2 Å². The highest BCUT2D eigenvalue weighted by molar-refractivity contribution is 6.46. The Bertz CT molecular complexity index is 1080. The highest BCUT2D eigenvalue weighted by Gasteiger charge is 2.44. The van der Waals surface area contributed by atoms with E-state index in [2.05, 4.69) is 0 Å². The van der Waals surface area contributed by atoms with Gasteiger partial charge in [-0.2, -0.15) is 0 Å². The third-order valence-electron chi connectivity index (χ3n) is 5.60. The molecule has 32 heavy (non-hydrogen) atoms. The van der Waals surface area contributed by atoms with Gasteiger partial charge in [-0.15, -0.1) is 0 Å². The maximum atomic E-state index is 13.5. The van der Waals surface area contributed by atoms with Crippen LogP contribution in [0.1, 0.15) is 23.6 Å². The Labute approximate surface area is 186 Å². The van der Waals surface area contributed by atoms with Crippen molar-refractivity contribution in [3.8, 4) is 17.2 Å². The standard InChI is InChI=1S/C24H26N2O6/c1-25(2)9-4-10-26-21(15-5-3-6-17(27)13-15)20(23(29)24(26)30)22(28)16-7-8-18-19(14-16)32-12-11-31-18/h3,5-8,13-14,21,27-28H,4,9-12H2,1-2H3/b22-20+. The maximum absolute atomic E-state index is 13.5. The number of phenolic OH excluding ortho intramolecular Hbond substituents is 1. The number of ketones is 1. The van der Waals surface area contributed by atoms with E-state index in [1.165, 1.54) is 21.9 Å². The molecule has 1 amide bonds. The average molecular weight is 438 g/mol. The minimum Gasteiger partial charge on any atom is -0.872 e. The van der Waals surface area contributed by atoms with Crippen LogP contribution in [-0.2, 0) is 9.59 Å². The number of phenols is 1. The Morgan fingerprint density at radius 2 is 1.88 bits per heavy atom. The van der Waals surface area contributed by atoms with Crippen LogP contribution < -0.4 is 19.5 Å². The molecule has 2 N–H and O–H groups in total. The molecule has 0 saturated carbocycles. The third kappa shape index (κ3) is 4.13. The lowest BCUT2D eigenvalue weighted by Crippen LogP contribution is -3.05. The minimum absolute atomic E-state index is 0.00175. The molecule has 0 aromatic heterocycles. The van der Waals surface area contributed by atoms with Crippen molar-refractivity contribution in [3.63, 3.8) is 0 Å². The normalized spacial score (nSPS) is 19.6. The van der Waals surface area contributed by atoms with Crippen LogP contribution in [-0.4, -0.2) is 62.1 Å². The lowest BCUT2D eigenvalue weighted by molar-refractivity contribution is -0.858. The number of carbonyl (C=O) groups is 2. The number of hydrogen-bond donors (Lipinski definition) is 2. The molecule has 1 fully saturated rings. The number of nitrogens with zero attached hydrogens (tertiary/aromatic N) is 1. The Balaban J connectivity index is 1.79. The molecule has 0 aliphatic carbocycles. The van der Waals surface area contributed by atoms with E-state index in [-0.39, 0.29) is 16.9 Å². The van der Waals surface area contributed by atoms with Crippen molar-refractivity contribution in [2.24, 2.45) is 0 Å². The molecular formula is C24H26N2O6. The van der Waals surface area contributed by atoms with Gasteiger partial charge in [-0.3, -0.25) is 9.59 Å². The summed E-state index contributed by atoms with van der Waals surface area (Å²) < 4.78 is 11.1. The fourth-order valence-corrected chi connectivity index (χ4v) is 4.09. The number of carbonyl (C=O) groups excluding carboxylic acids is 2. The van der Waals surface area contributed by atoms with Gasteiger partial charge in [0.15, 0.2) is 11.5 Å². The van der Waals surface area contributed by atoms with Crippen molar-refractivity contribution in [1.29, 1.82) is 0 Å². The summed E-state index contributed by atoms with van der Waals surface area (Å²) >= 11 is 0. The summed E-state index contributed by atoms with van der Waals surface area (Å²) in [4.78, 5) is 28.6. The summed E-state index contributed by atoms with van der Waals surface area (Å²) in [6.07, 6.45) is 0.669. The van der Waals surface area contributed by atoms with Crippen molar-refractivity contribution >= 4 is 17.4 Å². The lowest BCUT2D eigenvalue weighted by Gasteiger charge is -2.28. The van der Waals surface area contributed by atoms with Crippen LogP contribution in [0.25, 0.3) is 5.76 Å². The predicted molar refractivity (Wildman–Crippen MR) is 114 cm³/mol. The first-order valence-electron chi connectivity index (χ1n) is 10.6. The van der Waals surface area contributed by atoms with Crippen LogP contribution in [0, 0.1) is 0 Å². The number of nitrogens with one attached hydrogen (secondary N) is 1. The number of fused-ring (bicyclic) bond motifs is 1. The summed E-state index contributed by atoms with van der Waals surface area (Å²) in [7, 11) is 4.01. The number of benzene rings is 2. The van der Waals surface area contributed by atoms with Crippen molar-refractivity contribution in [2.75, 3.05) is 40.4 Å². The second-order valence-corrected chi connectivity index (χ2v) is 8.24. The van der Waals surface area contributed by atoms with E-state index < -0.39 is 23.5 Å². The summed E-state index contributed by atoms with van der Waals surface area (Å²) in [6.45, 7) is 1.92. The highest BCUT2D eigenvalue weighted by Crippen LogP contribution is 2.40. The Morgan fingerprint density at radius 1 is 1.12 bits per heavy atom. The second-order valence-electron chi connectivity index (χ2n) is 8.24. The van der Waals surface area contributed by atoms with Crippen molar-refractivity contribution in [3.05, 3.63) is 59.2 Å². The Kier molecular flexibility index (Phi) is 6.05. The van der Waals surface area contributed by atoms with Crippen molar-refractivity contribution in [1.82, 2.24) is 4.90 Å². The van der Waals surface area contributed by atoms with Crippen LogP contribution in [0.5, 0.6) is 17.2 Å². The number of amides is 1.